The molecule has 0 aliphatic heterocycles. The normalized spacial score (nSPS) is 19.0. The topological polar surface area (TPSA) is 24.1 Å². The summed E-state index contributed by atoms with van der Waals surface area (Å²) in [5, 5.41) is 7.09. The first kappa shape index (κ1) is 14.3. The van der Waals surface area contributed by atoms with E-state index in [0.29, 0.717) is 5.54 Å². The molecule has 2 rings (SSSR count). The van der Waals surface area contributed by atoms with E-state index in [9.17, 15) is 0 Å². The Labute approximate surface area is 119 Å². The van der Waals surface area contributed by atoms with Gasteiger partial charge in [0.05, 0.1) is 4.34 Å². The molecule has 0 unspecified atom stereocenters. The smallest absolute Gasteiger partial charge is 0.0931 e. The lowest BCUT2D eigenvalue weighted by atomic mass is 9.79. The maximum atomic E-state index is 5.92. The Kier molecular flexibility index (Phi) is 5.49. The van der Waals surface area contributed by atoms with Gasteiger partial charge in [-0.05, 0) is 45.0 Å². The van der Waals surface area contributed by atoms with E-state index < -0.39 is 0 Å². The van der Waals surface area contributed by atoms with Crippen LogP contribution in [-0.4, -0.2) is 19.1 Å². The third kappa shape index (κ3) is 3.95. The van der Waals surface area contributed by atoms with Gasteiger partial charge in [-0.1, -0.05) is 30.9 Å². The van der Waals surface area contributed by atoms with Crippen LogP contribution in [0.3, 0.4) is 0 Å². The van der Waals surface area contributed by atoms with Crippen LogP contribution in [0.4, 0.5) is 0 Å². The quantitative estimate of drug-likeness (QED) is 0.777. The highest BCUT2D eigenvalue weighted by molar-refractivity contribution is 7.16. The largest absolute Gasteiger partial charge is 0.314 e. The minimum atomic E-state index is 0.387. The fraction of sp³-hybridized carbons (Fsp3) is 0.714. The van der Waals surface area contributed by atoms with Gasteiger partial charge in [-0.2, -0.15) is 0 Å². The van der Waals surface area contributed by atoms with Gasteiger partial charge in [-0.15, -0.1) is 11.3 Å². The minimum Gasteiger partial charge on any atom is -0.314 e. The molecule has 1 aromatic heterocycles. The zero-order valence-electron chi connectivity index (χ0n) is 11.1. The Morgan fingerprint density at radius 2 is 2.06 bits per heavy atom. The van der Waals surface area contributed by atoms with Gasteiger partial charge in [0.1, 0.15) is 0 Å². The van der Waals surface area contributed by atoms with Crippen molar-refractivity contribution in [2.75, 3.05) is 13.6 Å². The second kappa shape index (κ2) is 6.90. The Morgan fingerprint density at radius 1 is 1.28 bits per heavy atom. The van der Waals surface area contributed by atoms with Gasteiger partial charge in [0, 0.05) is 17.0 Å². The fourth-order valence-corrected chi connectivity index (χ4v) is 3.90. The lowest BCUT2D eigenvalue weighted by molar-refractivity contribution is 0.228. The van der Waals surface area contributed by atoms with E-state index >= 15 is 0 Å². The summed E-state index contributed by atoms with van der Waals surface area (Å²) in [6.45, 7) is 2.02. The van der Waals surface area contributed by atoms with Crippen LogP contribution in [0.5, 0.6) is 0 Å². The van der Waals surface area contributed by atoms with Crippen molar-refractivity contribution in [3.05, 3.63) is 21.3 Å². The van der Waals surface area contributed by atoms with Crippen LogP contribution in [0, 0.1) is 0 Å². The molecule has 0 saturated heterocycles. The lowest BCUT2D eigenvalue weighted by Gasteiger charge is -2.37. The van der Waals surface area contributed by atoms with Crippen molar-refractivity contribution in [3.8, 4) is 0 Å². The van der Waals surface area contributed by atoms with Gasteiger partial charge < -0.3 is 10.6 Å². The fourth-order valence-electron chi connectivity index (χ4n) is 2.84. The summed E-state index contributed by atoms with van der Waals surface area (Å²) in [5.74, 6) is 0. The van der Waals surface area contributed by atoms with E-state index in [1.807, 2.05) is 6.07 Å². The van der Waals surface area contributed by atoms with Crippen LogP contribution in [0.2, 0.25) is 4.34 Å². The summed E-state index contributed by atoms with van der Waals surface area (Å²) in [6, 6.07) is 4.08. The number of rotatable bonds is 6. The summed E-state index contributed by atoms with van der Waals surface area (Å²) in [6.07, 6.45) is 8.04. The molecule has 1 aliphatic rings. The monoisotopic (exact) mass is 286 g/mol. The molecule has 1 saturated carbocycles. The zero-order valence-corrected chi connectivity index (χ0v) is 12.7. The van der Waals surface area contributed by atoms with E-state index in [1.165, 1.54) is 43.4 Å². The molecule has 4 heteroatoms. The zero-order chi connectivity index (χ0) is 12.8. The van der Waals surface area contributed by atoms with Crippen LogP contribution in [0.25, 0.3) is 0 Å². The number of thiophene rings is 1. The predicted molar refractivity (Wildman–Crippen MR) is 80.5 cm³/mol. The van der Waals surface area contributed by atoms with Crippen molar-refractivity contribution in [3.63, 3.8) is 0 Å². The molecule has 1 fully saturated rings. The second-order valence-corrected chi connectivity index (χ2v) is 7.02. The SMILES string of the molecule is CNC1(CCNCc2ccc(Cl)s2)CCCCC1. The van der Waals surface area contributed by atoms with E-state index in [-0.39, 0.29) is 0 Å². The summed E-state index contributed by atoms with van der Waals surface area (Å²) in [5.41, 5.74) is 0.387. The molecule has 0 radical (unpaired) electrons. The summed E-state index contributed by atoms with van der Waals surface area (Å²) >= 11 is 7.59. The highest BCUT2D eigenvalue weighted by atomic mass is 35.5. The van der Waals surface area contributed by atoms with Crippen molar-refractivity contribution in [2.45, 2.75) is 50.6 Å². The Bertz CT molecular complexity index is 358. The highest BCUT2D eigenvalue weighted by Crippen LogP contribution is 2.30. The standard InChI is InChI=1S/C14H23ClN2S/c1-16-14(7-3-2-4-8-14)9-10-17-11-12-5-6-13(15)18-12/h5-6,16-17H,2-4,7-11H2,1H3. The van der Waals surface area contributed by atoms with Gasteiger partial charge in [-0.25, -0.2) is 0 Å². The molecule has 18 heavy (non-hydrogen) atoms. The second-order valence-electron chi connectivity index (χ2n) is 5.22. The van der Waals surface area contributed by atoms with Gasteiger partial charge >= 0.3 is 0 Å². The molecule has 1 aromatic rings. The third-order valence-corrected chi connectivity index (χ3v) is 5.28. The number of hydrogen-bond acceptors (Lipinski definition) is 3. The number of nitrogens with one attached hydrogen (secondary N) is 2. The first-order valence-electron chi connectivity index (χ1n) is 6.88. The van der Waals surface area contributed by atoms with E-state index in [0.717, 1.165) is 17.4 Å². The van der Waals surface area contributed by atoms with Gasteiger partial charge in [0.2, 0.25) is 0 Å². The van der Waals surface area contributed by atoms with Crippen LogP contribution < -0.4 is 10.6 Å². The summed E-state index contributed by atoms with van der Waals surface area (Å²) < 4.78 is 0.880. The number of halogens is 1. The van der Waals surface area contributed by atoms with Crippen LogP contribution >= 0.6 is 22.9 Å². The average Bonchev–Trinajstić information content (AvgIpc) is 2.82. The Balaban J connectivity index is 1.70. The molecule has 0 bridgehead atoms. The molecule has 102 valence electrons. The van der Waals surface area contributed by atoms with Crippen molar-refractivity contribution in [1.29, 1.82) is 0 Å². The molecule has 1 heterocycles. The maximum absolute atomic E-state index is 5.92. The predicted octanol–water partition coefficient (Wildman–Crippen LogP) is 3.80. The number of hydrogen-bond donors (Lipinski definition) is 2. The molecule has 0 atom stereocenters. The van der Waals surface area contributed by atoms with Gasteiger partial charge in [0.25, 0.3) is 0 Å². The molecule has 0 spiro atoms. The molecule has 0 amide bonds. The van der Waals surface area contributed by atoms with E-state index in [2.05, 4.69) is 23.7 Å². The Hall–Kier alpha value is -0.0900. The molecule has 0 aromatic carbocycles. The van der Waals surface area contributed by atoms with Crippen LogP contribution in [-0.2, 0) is 6.54 Å². The Morgan fingerprint density at radius 3 is 2.67 bits per heavy atom. The van der Waals surface area contributed by atoms with Gasteiger partial charge in [-0.3, -0.25) is 0 Å². The summed E-state index contributed by atoms with van der Waals surface area (Å²) in [4.78, 5) is 1.32. The lowest BCUT2D eigenvalue weighted by Crippen LogP contribution is -2.46. The van der Waals surface area contributed by atoms with Crippen molar-refractivity contribution in [1.82, 2.24) is 10.6 Å². The average molecular weight is 287 g/mol. The molecular formula is C14H23ClN2S. The third-order valence-electron chi connectivity index (χ3n) is 4.05. The van der Waals surface area contributed by atoms with Gasteiger partial charge in [0.15, 0.2) is 0 Å². The van der Waals surface area contributed by atoms with E-state index in [4.69, 9.17) is 11.6 Å². The van der Waals surface area contributed by atoms with Crippen molar-refractivity contribution < 1.29 is 0 Å². The van der Waals surface area contributed by atoms with E-state index in [1.54, 1.807) is 11.3 Å². The summed E-state index contributed by atoms with van der Waals surface area (Å²) in [7, 11) is 2.12. The highest BCUT2D eigenvalue weighted by Gasteiger charge is 2.29. The first-order chi connectivity index (χ1) is 8.74. The maximum Gasteiger partial charge on any atom is 0.0931 e. The molecule has 2 N–H and O–H groups in total. The minimum absolute atomic E-state index is 0.387. The molecular weight excluding hydrogens is 264 g/mol. The van der Waals surface area contributed by atoms with Crippen LogP contribution in [0.15, 0.2) is 12.1 Å². The molecule has 1 aliphatic carbocycles. The first-order valence-corrected chi connectivity index (χ1v) is 8.07. The van der Waals surface area contributed by atoms with Crippen molar-refractivity contribution >= 4 is 22.9 Å². The van der Waals surface area contributed by atoms with Crippen molar-refractivity contribution in [2.24, 2.45) is 0 Å². The van der Waals surface area contributed by atoms with Crippen LogP contribution in [0.1, 0.15) is 43.4 Å². The molecule has 2 nitrogen and oxygen atoms in total.